The van der Waals surface area contributed by atoms with Gasteiger partial charge in [-0.15, -0.1) is 0 Å². The molecule has 0 aromatic heterocycles. The molecule has 0 spiro atoms. The van der Waals surface area contributed by atoms with Gasteiger partial charge in [0, 0.05) is 11.5 Å². The molecule has 1 aromatic carbocycles. The van der Waals surface area contributed by atoms with Gasteiger partial charge in [0.15, 0.2) is 5.78 Å². The second-order valence-electron chi connectivity index (χ2n) is 5.07. The van der Waals surface area contributed by atoms with Crippen molar-refractivity contribution in [3.05, 3.63) is 35.4 Å². The Balaban J connectivity index is 2.12. The van der Waals surface area contributed by atoms with Crippen LogP contribution in [0.25, 0.3) is 0 Å². The molecule has 1 aliphatic rings. The smallest absolute Gasteiger partial charge is 0.316 e. The first-order valence-corrected chi connectivity index (χ1v) is 6.83. The topological polar surface area (TPSA) is 60.4 Å². The Labute approximate surface area is 118 Å². The Hall–Kier alpha value is -1.97. The summed E-state index contributed by atoms with van der Waals surface area (Å²) in [6.07, 6.45) is 0.833. The van der Waals surface area contributed by atoms with E-state index in [4.69, 9.17) is 4.74 Å². The van der Waals surface area contributed by atoms with E-state index in [1.807, 2.05) is 18.2 Å². The maximum Gasteiger partial charge on any atom is 0.316 e. The third kappa shape index (κ3) is 2.79. The molecule has 4 heteroatoms. The minimum atomic E-state index is -0.835. The zero-order valence-electron chi connectivity index (χ0n) is 11.7. The van der Waals surface area contributed by atoms with Crippen LogP contribution in [0.5, 0.6) is 0 Å². The highest BCUT2D eigenvalue weighted by atomic mass is 16.5. The van der Waals surface area contributed by atoms with Gasteiger partial charge >= 0.3 is 5.97 Å². The van der Waals surface area contributed by atoms with Crippen LogP contribution in [0.3, 0.4) is 0 Å². The van der Waals surface area contributed by atoms with E-state index in [-0.39, 0.29) is 30.5 Å². The SMILES string of the molecule is CCOC(=O)C(CC1Cc2ccccc2C1=O)C(C)=O. The fourth-order valence-electron chi connectivity index (χ4n) is 2.66. The minimum Gasteiger partial charge on any atom is -0.465 e. The van der Waals surface area contributed by atoms with Gasteiger partial charge < -0.3 is 4.74 Å². The average Bonchev–Trinajstić information content (AvgIpc) is 2.73. The van der Waals surface area contributed by atoms with Crippen LogP contribution in [-0.2, 0) is 20.7 Å². The first kappa shape index (κ1) is 14.4. The first-order valence-electron chi connectivity index (χ1n) is 6.83. The molecular weight excluding hydrogens is 256 g/mol. The molecule has 0 fully saturated rings. The molecule has 0 saturated carbocycles. The Morgan fingerprint density at radius 3 is 2.65 bits per heavy atom. The van der Waals surface area contributed by atoms with Crippen LogP contribution >= 0.6 is 0 Å². The van der Waals surface area contributed by atoms with Crippen LogP contribution in [0, 0.1) is 11.8 Å². The van der Waals surface area contributed by atoms with Crippen molar-refractivity contribution in [3.63, 3.8) is 0 Å². The summed E-state index contributed by atoms with van der Waals surface area (Å²) in [5, 5.41) is 0. The van der Waals surface area contributed by atoms with Gasteiger partial charge in [-0.05, 0) is 32.3 Å². The van der Waals surface area contributed by atoms with Crippen LogP contribution in [0.1, 0.15) is 36.2 Å². The van der Waals surface area contributed by atoms with Crippen LogP contribution in [-0.4, -0.2) is 24.1 Å². The Morgan fingerprint density at radius 2 is 2.05 bits per heavy atom. The lowest BCUT2D eigenvalue weighted by molar-refractivity contribution is -0.151. The second-order valence-corrected chi connectivity index (χ2v) is 5.07. The van der Waals surface area contributed by atoms with E-state index in [2.05, 4.69) is 0 Å². The van der Waals surface area contributed by atoms with E-state index in [1.165, 1.54) is 6.92 Å². The van der Waals surface area contributed by atoms with E-state index in [0.29, 0.717) is 12.0 Å². The number of Topliss-reactive ketones (excluding diaryl/α,β-unsaturated/α-hetero) is 2. The van der Waals surface area contributed by atoms with Gasteiger partial charge in [-0.3, -0.25) is 14.4 Å². The molecular formula is C16H18O4. The molecule has 0 bridgehead atoms. The Bertz CT molecular complexity index is 547. The lowest BCUT2D eigenvalue weighted by atomic mass is 9.89. The average molecular weight is 274 g/mol. The van der Waals surface area contributed by atoms with Crippen molar-refractivity contribution in [1.82, 2.24) is 0 Å². The molecule has 2 atom stereocenters. The number of hydrogen-bond acceptors (Lipinski definition) is 4. The van der Waals surface area contributed by atoms with E-state index in [1.54, 1.807) is 13.0 Å². The number of benzene rings is 1. The summed E-state index contributed by atoms with van der Waals surface area (Å²) < 4.78 is 4.92. The monoisotopic (exact) mass is 274 g/mol. The summed E-state index contributed by atoms with van der Waals surface area (Å²) in [7, 11) is 0. The van der Waals surface area contributed by atoms with E-state index in [0.717, 1.165) is 5.56 Å². The highest BCUT2D eigenvalue weighted by Gasteiger charge is 2.36. The molecule has 0 aliphatic heterocycles. The van der Waals surface area contributed by atoms with Crippen LogP contribution in [0.4, 0.5) is 0 Å². The highest BCUT2D eigenvalue weighted by molar-refractivity contribution is 6.04. The Kier molecular flexibility index (Phi) is 4.32. The normalized spacial score (nSPS) is 18.5. The van der Waals surface area contributed by atoms with Gasteiger partial charge in [0.2, 0.25) is 0 Å². The van der Waals surface area contributed by atoms with Crippen LogP contribution in [0.15, 0.2) is 24.3 Å². The van der Waals surface area contributed by atoms with Crippen LogP contribution < -0.4 is 0 Å². The largest absolute Gasteiger partial charge is 0.465 e. The van der Waals surface area contributed by atoms with Gasteiger partial charge in [0.05, 0.1) is 6.61 Å². The van der Waals surface area contributed by atoms with Crippen LogP contribution in [0.2, 0.25) is 0 Å². The number of fused-ring (bicyclic) bond motifs is 1. The molecule has 0 N–H and O–H groups in total. The van der Waals surface area contributed by atoms with Crippen molar-refractivity contribution < 1.29 is 19.1 Å². The summed E-state index contributed by atoms with van der Waals surface area (Å²) >= 11 is 0. The van der Waals surface area contributed by atoms with Crippen molar-refractivity contribution in [2.75, 3.05) is 6.61 Å². The maximum absolute atomic E-state index is 12.3. The fourth-order valence-corrected chi connectivity index (χ4v) is 2.66. The standard InChI is InChI=1S/C16H18O4/c1-3-20-16(19)14(10(2)17)9-12-8-11-6-4-5-7-13(11)15(12)18/h4-7,12,14H,3,8-9H2,1-2H3. The summed E-state index contributed by atoms with van der Waals surface area (Å²) in [5.41, 5.74) is 1.71. The molecule has 2 unspecified atom stereocenters. The molecule has 0 heterocycles. The molecule has 1 aliphatic carbocycles. The summed E-state index contributed by atoms with van der Waals surface area (Å²) in [6.45, 7) is 3.31. The molecule has 0 amide bonds. The molecule has 0 saturated heterocycles. The van der Waals surface area contributed by atoms with Gasteiger partial charge in [-0.2, -0.15) is 0 Å². The van der Waals surface area contributed by atoms with E-state index in [9.17, 15) is 14.4 Å². The minimum absolute atomic E-state index is 0.0242. The third-order valence-electron chi connectivity index (χ3n) is 3.70. The number of hydrogen-bond donors (Lipinski definition) is 0. The zero-order chi connectivity index (χ0) is 14.7. The first-order chi connectivity index (χ1) is 9.54. The van der Waals surface area contributed by atoms with Crippen molar-refractivity contribution in [3.8, 4) is 0 Å². The number of rotatable bonds is 5. The molecule has 106 valence electrons. The van der Waals surface area contributed by atoms with E-state index >= 15 is 0 Å². The quantitative estimate of drug-likeness (QED) is 0.610. The third-order valence-corrected chi connectivity index (χ3v) is 3.70. The second kappa shape index (κ2) is 5.99. The molecule has 20 heavy (non-hydrogen) atoms. The van der Waals surface area contributed by atoms with Crippen molar-refractivity contribution in [2.24, 2.45) is 11.8 Å². The number of esters is 1. The summed E-state index contributed by atoms with van der Waals surface area (Å²) in [6, 6.07) is 7.43. The van der Waals surface area contributed by atoms with Crippen molar-refractivity contribution in [1.29, 1.82) is 0 Å². The number of ether oxygens (including phenoxy) is 1. The highest BCUT2D eigenvalue weighted by Crippen LogP contribution is 2.31. The van der Waals surface area contributed by atoms with E-state index < -0.39 is 11.9 Å². The molecule has 2 rings (SSSR count). The number of carbonyl (C=O) groups is 3. The number of ketones is 2. The zero-order valence-corrected chi connectivity index (χ0v) is 11.7. The molecule has 4 nitrogen and oxygen atoms in total. The molecule has 1 aromatic rings. The maximum atomic E-state index is 12.3. The van der Waals surface area contributed by atoms with Crippen molar-refractivity contribution >= 4 is 17.5 Å². The lowest BCUT2D eigenvalue weighted by Gasteiger charge is -2.15. The van der Waals surface area contributed by atoms with Crippen molar-refractivity contribution in [2.45, 2.75) is 26.7 Å². The Morgan fingerprint density at radius 1 is 1.35 bits per heavy atom. The number of carbonyl (C=O) groups excluding carboxylic acids is 3. The van der Waals surface area contributed by atoms with Gasteiger partial charge in [0.25, 0.3) is 0 Å². The predicted octanol–water partition coefficient (Wildman–Crippen LogP) is 2.20. The predicted molar refractivity (Wildman–Crippen MR) is 73.4 cm³/mol. The van der Waals surface area contributed by atoms with Gasteiger partial charge in [-0.25, -0.2) is 0 Å². The van der Waals surface area contributed by atoms with Gasteiger partial charge in [-0.1, -0.05) is 24.3 Å². The van der Waals surface area contributed by atoms with Gasteiger partial charge in [0.1, 0.15) is 11.7 Å². The summed E-state index contributed by atoms with van der Waals surface area (Å²) in [5.74, 6) is -1.88. The lowest BCUT2D eigenvalue weighted by Crippen LogP contribution is -2.28. The fraction of sp³-hybridized carbons (Fsp3) is 0.438. The molecule has 0 radical (unpaired) electrons. The summed E-state index contributed by atoms with van der Waals surface area (Å²) in [4.78, 5) is 35.7.